The molecule has 0 spiro atoms. The van der Waals surface area contributed by atoms with Crippen LogP contribution in [0.3, 0.4) is 0 Å². The zero-order valence-electron chi connectivity index (χ0n) is 19.8. The van der Waals surface area contributed by atoms with Crippen molar-refractivity contribution in [2.24, 2.45) is 16.8 Å². The molecule has 2 aromatic rings. The van der Waals surface area contributed by atoms with Crippen LogP contribution >= 0.6 is 0 Å². The van der Waals surface area contributed by atoms with Crippen molar-refractivity contribution in [1.29, 1.82) is 0 Å². The molecule has 0 aromatic heterocycles. The molecule has 3 atom stereocenters. The summed E-state index contributed by atoms with van der Waals surface area (Å²) < 4.78 is 28.0. The summed E-state index contributed by atoms with van der Waals surface area (Å²) in [7, 11) is 1.28. The van der Waals surface area contributed by atoms with Crippen molar-refractivity contribution in [2.75, 3.05) is 7.11 Å². The third-order valence-electron chi connectivity index (χ3n) is 4.65. The first kappa shape index (κ1) is 19.0. The van der Waals surface area contributed by atoms with E-state index in [0.717, 1.165) is 11.1 Å². The van der Waals surface area contributed by atoms with Crippen LogP contribution in [0.4, 0.5) is 0 Å². The molecule has 0 bridgehead atoms. The van der Waals surface area contributed by atoms with Gasteiger partial charge in [0.25, 0.3) is 0 Å². The van der Waals surface area contributed by atoms with E-state index in [9.17, 15) is 9.59 Å². The second-order valence-corrected chi connectivity index (χ2v) is 8.28. The third kappa shape index (κ3) is 5.78. The number of benzene rings is 2. The smallest absolute Gasteiger partial charge is 0.331 e. The number of carbonyl (C=O) groups is 2. The van der Waals surface area contributed by atoms with Gasteiger partial charge in [0.15, 0.2) is 0 Å². The average Bonchev–Trinajstić information content (AvgIpc) is 3.55. The van der Waals surface area contributed by atoms with Gasteiger partial charge in [-0.25, -0.2) is 4.79 Å². The minimum absolute atomic E-state index is 0.306. The molecule has 2 aromatic carbocycles. The van der Waals surface area contributed by atoms with Crippen LogP contribution in [0.1, 0.15) is 47.4 Å². The van der Waals surface area contributed by atoms with E-state index in [-0.39, 0.29) is 0 Å². The lowest BCUT2D eigenvalue weighted by Crippen LogP contribution is -2.32. The third-order valence-corrected chi connectivity index (χ3v) is 4.65. The minimum atomic E-state index is -2.10. The van der Waals surface area contributed by atoms with Crippen molar-refractivity contribution in [3.63, 3.8) is 0 Å². The number of methoxy groups -OCH3 is 1. The molecule has 0 aliphatic heterocycles. The lowest BCUT2D eigenvalue weighted by atomic mass is 10.0. The largest absolute Gasteiger partial charge is 0.469 e. The molecule has 3 rings (SSSR count). The monoisotopic (exact) mass is 409 g/mol. The fourth-order valence-electron chi connectivity index (χ4n) is 3.15. The van der Waals surface area contributed by atoms with Crippen molar-refractivity contribution in [3.8, 4) is 0 Å². The molecule has 0 amide bonds. The first-order valence-corrected chi connectivity index (χ1v) is 10.0. The summed E-state index contributed by atoms with van der Waals surface area (Å²) in [6.45, 7) is 5.18. The number of esters is 2. The fraction of sp³-hybridized carbons (Fsp3) is 0.400. The Balaban J connectivity index is 2.09. The maximum Gasteiger partial charge on any atom is 0.331 e. The Morgan fingerprint density at radius 3 is 2.07 bits per heavy atom. The van der Waals surface area contributed by atoms with Gasteiger partial charge in [-0.05, 0) is 39.5 Å². The molecule has 1 fully saturated rings. The van der Waals surface area contributed by atoms with Gasteiger partial charge in [0, 0.05) is 13.9 Å². The maximum atomic E-state index is 13.2. The summed E-state index contributed by atoms with van der Waals surface area (Å²) in [4.78, 5) is 29.8. The van der Waals surface area contributed by atoms with Crippen LogP contribution in [0.15, 0.2) is 65.7 Å². The van der Waals surface area contributed by atoms with Crippen molar-refractivity contribution < 1.29 is 21.8 Å². The first-order valence-electron chi connectivity index (χ1n) is 11.0. The Morgan fingerprint density at radius 2 is 1.60 bits per heavy atom. The van der Waals surface area contributed by atoms with Crippen molar-refractivity contribution in [3.05, 3.63) is 71.8 Å². The van der Waals surface area contributed by atoms with E-state index in [0.29, 0.717) is 12.1 Å². The van der Waals surface area contributed by atoms with E-state index in [1.54, 1.807) is 20.8 Å². The van der Waals surface area contributed by atoms with Gasteiger partial charge in [-0.15, -0.1) is 0 Å². The predicted octanol–water partition coefficient (Wildman–Crippen LogP) is 4.43. The van der Waals surface area contributed by atoms with Crippen molar-refractivity contribution in [2.45, 2.75) is 45.2 Å². The van der Waals surface area contributed by atoms with E-state index in [1.165, 1.54) is 7.11 Å². The van der Waals surface area contributed by atoms with Crippen molar-refractivity contribution >= 4 is 17.7 Å². The van der Waals surface area contributed by atoms with Gasteiger partial charge in [0.1, 0.15) is 11.6 Å². The van der Waals surface area contributed by atoms with Crippen LogP contribution in [0.25, 0.3) is 0 Å². The second kappa shape index (κ2) is 9.24. The van der Waals surface area contributed by atoms with Gasteiger partial charge in [-0.1, -0.05) is 60.7 Å². The molecule has 1 saturated carbocycles. The average molecular weight is 410 g/mol. The van der Waals surface area contributed by atoms with Gasteiger partial charge in [0.2, 0.25) is 0 Å². The Labute approximate surface area is 180 Å². The molecule has 1 unspecified atom stereocenters. The number of carbonyl (C=O) groups excluding carboxylic acids is 2. The maximum absolute atomic E-state index is 13.2. The topological polar surface area (TPSA) is 65.0 Å². The molecule has 5 nitrogen and oxygen atoms in total. The minimum Gasteiger partial charge on any atom is -0.469 e. The molecular formula is C25H29NO4. The van der Waals surface area contributed by atoms with E-state index in [2.05, 4.69) is 4.99 Å². The highest BCUT2D eigenvalue weighted by Crippen LogP contribution is 2.43. The molecule has 0 saturated heterocycles. The SMILES string of the molecule is [2H]C([2H])(C(N=C(c1ccccc1)c1ccccc1)C(=O)OC(C)(C)C)[C@@H]1C[C@H]1C(=O)OC. The number of nitrogens with zero attached hydrogens (tertiary/aromatic N) is 1. The summed E-state index contributed by atoms with van der Waals surface area (Å²) in [6.07, 6.45) is -1.80. The molecule has 1 aliphatic carbocycles. The van der Waals surface area contributed by atoms with Gasteiger partial charge < -0.3 is 9.47 Å². The summed E-state index contributed by atoms with van der Waals surface area (Å²) in [5, 5.41) is 0. The normalized spacial score (nSPS) is 20.3. The van der Waals surface area contributed by atoms with Crippen LogP contribution in [0.2, 0.25) is 0 Å². The van der Waals surface area contributed by atoms with Gasteiger partial charge in [-0.3, -0.25) is 9.79 Å². The highest BCUT2D eigenvalue weighted by atomic mass is 16.6. The Bertz CT molecular complexity index is 943. The predicted molar refractivity (Wildman–Crippen MR) is 116 cm³/mol. The summed E-state index contributed by atoms with van der Waals surface area (Å²) in [6, 6.07) is 17.2. The van der Waals surface area contributed by atoms with E-state index in [4.69, 9.17) is 12.2 Å². The highest BCUT2D eigenvalue weighted by Gasteiger charge is 2.46. The first-order chi connectivity index (χ1) is 15.0. The molecule has 0 radical (unpaired) electrons. The number of aliphatic imine (C=N–C) groups is 1. The van der Waals surface area contributed by atoms with Crippen LogP contribution < -0.4 is 0 Å². The van der Waals surface area contributed by atoms with Crippen LogP contribution in [-0.2, 0) is 19.1 Å². The summed E-state index contributed by atoms with van der Waals surface area (Å²) in [5.74, 6) is -2.50. The van der Waals surface area contributed by atoms with Crippen molar-refractivity contribution in [1.82, 2.24) is 0 Å². The van der Waals surface area contributed by atoms with E-state index in [1.807, 2.05) is 60.7 Å². The molecule has 1 aliphatic rings. The molecule has 5 heteroatoms. The number of ether oxygens (including phenoxy) is 2. The Morgan fingerprint density at radius 1 is 1.07 bits per heavy atom. The zero-order chi connectivity index (χ0) is 23.5. The zero-order valence-corrected chi connectivity index (χ0v) is 17.8. The lowest BCUT2D eigenvalue weighted by molar-refractivity contribution is -0.156. The molecule has 0 heterocycles. The molecule has 0 N–H and O–H groups in total. The van der Waals surface area contributed by atoms with Crippen LogP contribution in [0.5, 0.6) is 0 Å². The number of hydrogen-bond donors (Lipinski definition) is 0. The Kier molecular flexibility index (Phi) is 5.87. The molecule has 30 heavy (non-hydrogen) atoms. The highest BCUT2D eigenvalue weighted by molar-refractivity contribution is 6.13. The van der Waals surface area contributed by atoms with Gasteiger partial charge >= 0.3 is 11.9 Å². The molecular weight excluding hydrogens is 378 g/mol. The van der Waals surface area contributed by atoms with Crippen LogP contribution in [0, 0.1) is 11.8 Å². The summed E-state index contributed by atoms with van der Waals surface area (Å²) >= 11 is 0. The quantitative estimate of drug-likeness (QED) is 0.501. The van der Waals surface area contributed by atoms with E-state index < -0.39 is 41.8 Å². The van der Waals surface area contributed by atoms with Crippen LogP contribution in [-0.4, -0.2) is 36.4 Å². The van der Waals surface area contributed by atoms with Gasteiger partial charge in [0.05, 0.1) is 18.7 Å². The van der Waals surface area contributed by atoms with E-state index >= 15 is 0 Å². The molecule has 158 valence electrons. The second-order valence-electron chi connectivity index (χ2n) is 8.28. The fourth-order valence-corrected chi connectivity index (χ4v) is 3.15. The standard InChI is InChI=1S/C25H29NO4/c1-25(2,3)30-24(28)21(16-19-15-20(19)23(27)29-4)26-22(17-11-7-5-8-12-17)18-13-9-6-10-14-18/h5-14,19-21H,15-16H2,1-4H3/t19-,20+,21?/m0/s1/i16D2. The van der Waals surface area contributed by atoms with Gasteiger partial charge in [-0.2, -0.15) is 0 Å². The lowest BCUT2D eigenvalue weighted by Gasteiger charge is -2.23. The number of rotatable bonds is 7. The summed E-state index contributed by atoms with van der Waals surface area (Å²) in [5.41, 5.74) is 1.18. The number of hydrogen-bond acceptors (Lipinski definition) is 5. The Hall–Kier alpha value is -2.95.